The molecule has 0 spiro atoms. The van der Waals surface area contributed by atoms with Crippen molar-refractivity contribution in [2.24, 2.45) is 0 Å². The Morgan fingerprint density at radius 2 is 2.29 bits per heavy atom. The molecular weight excluding hydrogens is 283 g/mol. The molecule has 0 radical (unpaired) electrons. The van der Waals surface area contributed by atoms with E-state index in [1.54, 1.807) is 0 Å². The summed E-state index contributed by atoms with van der Waals surface area (Å²) in [7, 11) is 0. The van der Waals surface area contributed by atoms with Gasteiger partial charge in [0, 0.05) is 24.6 Å². The van der Waals surface area contributed by atoms with Crippen LogP contribution in [-0.4, -0.2) is 34.7 Å². The Bertz CT molecular complexity index is 547. The third kappa shape index (κ3) is 4.38. The highest BCUT2D eigenvalue weighted by atomic mass is 19.1. The maximum absolute atomic E-state index is 13.4. The summed E-state index contributed by atoms with van der Waals surface area (Å²) in [6.45, 7) is 0.0773. The number of carboxylic acids is 1. The number of nitrogens with zero attached hydrogens (tertiary/aromatic N) is 1. The minimum absolute atomic E-state index is 0.0773. The number of nitrogens with one attached hydrogen (secondary N) is 1. The van der Waals surface area contributed by atoms with Crippen LogP contribution in [0.15, 0.2) is 18.2 Å². The van der Waals surface area contributed by atoms with Gasteiger partial charge in [0.15, 0.2) is 0 Å². The molecular formula is C13H15FN2O5. The van der Waals surface area contributed by atoms with Crippen molar-refractivity contribution in [1.82, 2.24) is 5.32 Å². The molecule has 1 fully saturated rings. The number of hydrogen-bond donors (Lipinski definition) is 2. The van der Waals surface area contributed by atoms with Gasteiger partial charge in [-0.05, 0) is 18.9 Å². The van der Waals surface area contributed by atoms with E-state index in [1.807, 2.05) is 0 Å². The molecule has 7 nitrogen and oxygen atoms in total. The van der Waals surface area contributed by atoms with Gasteiger partial charge in [-0.2, -0.15) is 4.39 Å². The van der Waals surface area contributed by atoms with Crippen molar-refractivity contribution in [2.45, 2.75) is 31.3 Å². The van der Waals surface area contributed by atoms with Gasteiger partial charge in [-0.15, -0.1) is 0 Å². The van der Waals surface area contributed by atoms with Crippen LogP contribution in [0.5, 0.6) is 5.75 Å². The van der Waals surface area contributed by atoms with E-state index in [1.165, 1.54) is 6.07 Å². The smallest absolute Gasteiger partial charge is 0.320 e. The predicted molar refractivity (Wildman–Crippen MR) is 70.7 cm³/mol. The number of aliphatic carboxylic acids is 1. The lowest BCUT2D eigenvalue weighted by atomic mass is 10.2. The van der Waals surface area contributed by atoms with Gasteiger partial charge in [-0.3, -0.25) is 14.9 Å². The molecule has 0 saturated heterocycles. The molecule has 114 valence electrons. The summed E-state index contributed by atoms with van der Waals surface area (Å²) in [5.41, 5.74) is -0.624. The van der Waals surface area contributed by atoms with Crippen LogP contribution >= 0.6 is 0 Å². The monoisotopic (exact) mass is 298 g/mol. The first-order valence-electron chi connectivity index (χ1n) is 6.53. The third-order valence-corrected chi connectivity index (χ3v) is 3.10. The van der Waals surface area contributed by atoms with Crippen LogP contribution in [0.3, 0.4) is 0 Å². The quantitative estimate of drug-likeness (QED) is 0.559. The predicted octanol–water partition coefficient (Wildman–Crippen LogP) is 1.71. The normalized spacial score (nSPS) is 15.5. The van der Waals surface area contributed by atoms with Crippen LogP contribution < -0.4 is 10.1 Å². The fourth-order valence-corrected chi connectivity index (χ4v) is 1.83. The molecule has 2 rings (SSSR count). The molecule has 8 heteroatoms. The van der Waals surface area contributed by atoms with Crippen molar-refractivity contribution in [3.05, 3.63) is 34.1 Å². The lowest BCUT2D eigenvalue weighted by Gasteiger charge is -2.14. The SMILES string of the molecule is O=C(O)C(CCOc1ccc([N+](=O)[O-])c(F)c1)NC1CC1. The van der Waals surface area contributed by atoms with Gasteiger partial charge in [0.1, 0.15) is 11.8 Å². The number of carboxylic acid groups (broad SMARTS) is 1. The maximum atomic E-state index is 13.4. The number of carbonyl (C=O) groups is 1. The summed E-state index contributed by atoms with van der Waals surface area (Å²) in [6, 6.07) is 2.76. The van der Waals surface area contributed by atoms with Gasteiger partial charge in [-0.1, -0.05) is 0 Å². The van der Waals surface area contributed by atoms with E-state index >= 15 is 0 Å². The van der Waals surface area contributed by atoms with Gasteiger partial charge >= 0.3 is 11.7 Å². The van der Waals surface area contributed by atoms with E-state index in [2.05, 4.69) is 5.32 Å². The Labute approximate surface area is 119 Å². The largest absolute Gasteiger partial charge is 0.493 e. The van der Waals surface area contributed by atoms with Crippen LogP contribution in [0.25, 0.3) is 0 Å². The molecule has 0 heterocycles. The molecule has 1 unspecified atom stereocenters. The van der Waals surface area contributed by atoms with Gasteiger partial charge in [-0.25, -0.2) is 0 Å². The molecule has 0 bridgehead atoms. The van der Waals surface area contributed by atoms with Gasteiger partial charge < -0.3 is 15.2 Å². The second kappa shape index (κ2) is 6.49. The number of benzene rings is 1. The van der Waals surface area contributed by atoms with Crippen molar-refractivity contribution in [3.63, 3.8) is 0 Å². The number of halogens is 1. The fourth-order valence-electron chi connectivity index (χ4n) is 1.83. The van der Waals surface area contributed by atoms with Crippen LogP contribution in [0.2, 0.25) is 0 Å². The molecule has 1 aromatic rings. The topological polar surface area (TPSA) is 102 Å². The lowest BCUT2D eigenvalue weighted by Crippen LogP contribution is -2.39. The molecule has 2 N–H and O–H groups in total. The Morgan fingerprint density at radius 1 is 1.57 bits per heavy atom. The van der Waals surface area contributed by atoms with E-state index in [4.69, 9.17) is 9.84 Å². The van der Waals surface area contributed by atoms with E-state index in [-0.39, 0.29) is 24.8 Å². The van der Waals surface area contributed by atoms with Crippen molar-refractivity contribution in [2.75, 3.05) is 6.61 Å². The minimum Gasteiger partial charge on any atom is -0.493 e. The second-order valence-corrected chi connectivity index (χ2v) is 4.84. The van der Waals surface area contributed by atoms with Crippen LogP contribution in [0.1, 0.15) is 19.3 Å². The van der Waals surface area contributed by atoms with Gasteiger partial charge in [0.2, 0.25) is 5.82 Å². The average molecular weight is 298 g/mol. The summed E-state index contributed by atoms with van der Waals surface area (Å²) in [5.74, 6) is -1.81. The summed E-state index contributed by atoms with van der Waals surface area (Å²) in [5, 5.41) is 22.5. The summed E-state index contributed by atoms with van der Waals surface area (Å²) < 4.78 is 18.6. The molecule has 0 aliphatic heterocycles. The van der Waals surface area contributed by atoms with Crippen molar-refractivity contribution < 1.29 is 24.0 Å². The van der Waals surface area contributed by atoms with E-state index in [0.29, 0.717) is 0 Å². The Morgan fingerprint density at radius 3 is 2.81 bits per heavy atom. The fraction of sp³-hybridized carbons (Fsp3) is 0.462. The van der Waals surface area contributed by atoms with Crippen LogP contribution in [-0.2, 0) is 4.79 Å². The first-order valence-corrected chi connectivity index (χ1v) is 6.53. The average Bonchev–Trinajstić information content (AvgIpc) is 3.21. The summed E-state index contributed by atoms with van der Waals surface area (Å²) >= 11 is 0. The zero-order chi connectivity index (χ0) is 15.4. The highest BCUT2D eigenvalue weighted by Gasteiger charge is 2.28. The highest BCUT2D eigenvalue weighted by Crippen LogP contribution is 2.23. The van der Waals surface area contributed by atoms with Gasteiger partial charge in [0.05, 0.1) is 11.5 Å². The molecule has 21 heavy (non-hydrogen) atoms. The van der Waals surface area contributed by atoms with Crippen molar-refractivity contribution in [3.8, 4) is 5.75 Å². The molecule has 0 aromatic heterocycles. The van der Waals surface area contributed by atoms with Crippen LogP contribution in [0, 0.1) is 15.9 Å². The van der Waals surface area contributed by atoms with Crippen molar-refractivity contribution >= 4 is 11.7 Å². The Balaban J connectivity index is 1.85. The summed E-state index contributed by atoms with van der Waals surface area (Å²) in [4.78, 5) is 20.7. The minimum atomic E-state index is -0.983. The number of ether oxygens (including phenoxy) is 1. The third-order valence-electron chi connectivity index (χ3n) is 3.10. The zero-order valence-corrected chi connectivity index (χ0v) is 11.1. The Kier molecular flexibility index (Phi) is 4.69. The number of nitro benzene ring substituents is 1. The van der Waals surface area contributed by atoms with E-state index in [9.17, 15) is 19.3 Å². The first kappa shape index (κ1) is 15.2. The first-order chi connectivity index (χ1) is 9.97. The summed E-state index contributed by atoms with van der Waals surface area (Å²) in [6.07, 6.45) is 2.17. The van der Waals surface area contributed by atoms with Crippen molar-refractivity contribution in [1.29, 1.82) is 0 Å². The highest BCUT2D eigenvalue weighted by molar-refractivity contribution is 5.73. The molecule has 1 saturated carbocycles. The molecule has 1 aromatic carbocycles. The van der Waals surface area contributed by atoms with Gasteiger partial charge in [0.25, 0.3) is 0 Å². The molecule has 1 atom stereocenters. The number of nitro groups is 1. The standard InChI is InChI=1S/C13H15FN2O5/c14-10-7-9(3-4-12(10)16(19)20)21-6-5-11(13(17)18)15-8-1-2-8/h3-4,7-8,11,15H,1-2,5-6H2,(H,17,18). The second-order valence-electron chi connectivity index (χ2n) is 4.84. The molecule has 1 aliphatic carbocycles. The number of hydrogen-bond acceptors (Lipinski definition) is 5. The lowest BCUT2D eigenvalue weighted by molar-refractivity contribution is -0.387. The number of rotatable bonds is 8. The van der Waals surface area contributed by atoms with E-state index < -0.39 is 28.4 Å². The van der Waals surface area contributed by atoms with E-state index in [0.717, 1.165) is 25.0 Å². The Hall–Kier alpha value is -2.22. The van der Waals surface area contributed by atoms with Crippen LogP contribution in [0.4, 0.5) is 10.1 Å². The zero-order valence-electron chi connectivity index (χ0n) is 11.1. The maximum Gasteiger partial charge on any atom is 0.320 e. The molecule has 0 amide bonds. The molecule has 1 aliphatic rings.